The van der Waals surface area contributed by atoms with E-state index >= 15 is 0 Å². The van der Waals surface area contributed by atoms with Crippen molar-refractivity contribution in [3.8, 4) is 5.88 Å². The van der Waals surface area contributed by atoms with Gasteiger partial charge < -0.3 is 20.5 Å². The third kappa shape index (κ3) is 5.83. The van der Waals surface area contributed by atoms with Crippen molar-refractivity contribution in [2.45, 2.75) is 58.1 Å². The van der Waals surface area contributed by atoms with Crippen molar-refractivity contribution in [1.29, 1.82) is 0 Å². The lowest BCUT2D eigenvalue weighted by Crippen LogP contribution is -2.32. The fourth-order valence-electron chi connectivity index (χ4n) is 4.18. The topological polar surface area (TPSA) is 146 Å². The molecule has 0 aromatic carbocycles. The average Bonchev–Trinajstić information content (AvgIpc) is 2.84. The minimum absolute atomic E-state index is 0.0366. The van der Waals surface area contributed by atoms with E-state index in [1.165, 1.54) is 6.26 Å². The molecule has 3 aromatic rings. The molecule has 0 spiro atoms. The minimum atomic E-state index is -3.07. The molecule has 3 aromatic heterocycles. The lowest BCUT2D eigenvalue weighted by molar-refractivity contribution is 0.0235. The summed E-state index contributed by atoms with van der Waals surface area (Å²) in [6.45, 7) is 7.99. The SMILES string of the molecule is CC[C@@](C)(N)c1cnc(OCCCS(C)(=O)=O)c2cnc(Nc3ccc4c(n3)[C@H](C)[C@H](C)OC4=O)cc12. The first-order valence-electron chi connectivity index (χ1n) is 12.3. The summed E-state index contributed by atoms with van der Waals surface area (Å²) >= 11 is 0. The van der Waals surface area contributed by atoms with Crippen LogP contribution in [0.25, 0.3) is 10.8 Å². The normalized spacial score (nSPS) is 19.1. The highest BCUT2D eigenvalue weighted by Crippen LogP contribution is 2.35. The number of cyclic esters (lactones) is 1. The Morgan fingerprint density at radius 1 is 1.16 bits per heavy atom. The Morgan fingerprint density at radius 2 is 1.92 bits per heavy atom. The molecule has 0 unspecified atom stereocenters. The van der Waals surface area contributed by atoms with Gasteiger partial charge in [0.05, 0.1) is 29.0 Å². The van der Waals surface area contributed by atoms with Gasteiger partial charge in [-0.3, -0.25) is 0 Å². The smallest absolute Gasteiger partial charge is 0.340 e. The zero-order valence-electron chi connectivity index (χ0n) is 21.7. The maximum absolute atomic E-state index is 12.2. The van der Waals surface area contributed by atoms with Gasteiger partial charge in [0.15, 0.2) is 0 Å². The molecule has 4 heterocycles. The maximum atomic E-state index is 12.2. The summed E-state index contributed by atoms with van der Waals surface area (Å²) in [5.41, 5.74) is 7.94. The van der Waals surface area contributed by atoms with Crippen LogP contribution in [0, 0.1) is 0 Å². The van der Waals surface area contributed by atoms with Crippen molar-refractivity contribution >= 4 is 38.2 Å². The average molecular weight is 528 g/mol. The van der Waals surface area contributed by atoms with E-state index in [-0.39, 0.29) is 30.4 Å². The number of hydrogen-bond acceptors (Lipinski definition) is 10. The van der Waals surface area contributed by atoms with Crippen molar-refractivity contribution in [2.75, 3.05) is 23.9 Å². The number of rotatable bonds is 9. The number of nitrogens with one attached hydrogen (secondary N) is 1. The number of anilines is 2. The highest BCUT2D eigenvalue weighted by molar-refractivity contribution is 7.90. The molecular formula is C26H33N5O5S. The summed E-state index contributed by atoms with van der Waals surface area (Å²) in [6.07, 6.45) is 5.34. The standard InChI is InChI=1S/C26H33N5O5S/c1-6-26(4,27)20-14-29-24(35-10-7-11-37(5,33)34)19-13-28-22(12-18(19)20)30-21-9-8-17-23(31-21)15(2)16(3)36-25(17)32/h8-9,12-16H,6-7,10-11,27H2,1-5H3,(H,28,30,31)/t15-,16+,26-/m1/s1. The summed E-state index contributed by atoms with van der Waals surface area (Å²) in [7, 11) is -3.07. The molecule has 0 radical (unpaired) electrons. The number of esters is 1. The summed E-state index contributed by atoms with van der Waals surface area (Å²) in [5, 5.41) is 4.74. The van der Waals surface area contributed by atoms with E-state index in [0.717, 1.165) is 10.9 Å². The van der Waals surface area contributed by atoms with Crippen LogP contribution < -0.4 is 15.8 Å². The predicted octanol–water partition coefficient (Wildman–Crippen LogP) is 3.83. The lowest BCUT2D eigenvalue weighted by atomic mass is 9.88. The van der Waals surface area contributed by atoms with E-state index in [1.807, 2.05) is 33.8 Å². The Bertz CT molecular complexity index is 1440. The third-order valence-corrected chi connectivity index (χ3v) is 7.84. The van der Waals surface area contributed by atoms with E-state index in [2.05, 4.69) is 20.3 Å². The number of nitrogens with zero attached hydrogens (tertiary/aromatic N) is 3. The van der Waals surface area contributed by atoms with Crippen molar-refractivity contribution in [3.05, 3.63) is 47.4 Å². The van der Waals surface area contributed by atoms with Gasteiger partial charge in [-0.1, -0.05) is 13.8 Å². The van der Waals surface area contributed by atoms with Crippen LogP contribution in [-0.4, -0.2) is 54.1 Å². The van der Waals surface area contributed by atoms with Crippen LogP contribution in [0.4, 0.5) is 11.6 Å². The highest BCUT2D eigenvalue weighted by atomic mass is 32.2. The third-order valence-electron chi connectivity index (χ3n) is 6.81. The first-order valence-corrected chi connectivity index (χ1v) is 14.3. The summed E-state index contributed by atoms with van der Waals surface area (Å²) in [6, 6.07) is 5.30. The molecule has 198 valence electrons. The maximum Gasteiger partial charge on any atom is 0.340 e. The fourth-order valence-corrected chi connectivity index (χ4v) is 4.82. The molecule has 37 heavy (non-hydrogen) atoms. The Kier molecular flexibility index (Phi) is 7.38. The lowest BCUT2D eigenvalue weighted by Gasteiger charge is -2.27. The van der Waals surface area contributed by atoms with Crippen molar-refractivity contribution in [3.63, 3.8) is 0 Å². The molecule has 1 aliphatic heterocycles. The van der Waals surface area contributed by atoms with Crippen LogP contribution in [-0.2, 0) is 20.1 Å². The molecule has 0 saturated heterocycles. The molecule has 3 N–H and O–H groups in total. The number of nitrogens with two attached hydrogens (primary N) is 1. The van der Waals surface area contributed by atoms with Crippen LogP contribution in [0.1, 0.15) is 68.1 Å². The van der Waals surface area contributed by atoms with Crippen LogP contribution in [0.15, 0.2) is 30.6 Å². The largest absolute Gasteiger partial charge is 0.477 e. The van der Waals surface area contributed by atoms with Crippen LogP contribution >= 0.6 is 0 Å². The molecule has 4 rings (SSSR count). The first kappa shape index (κ1) is 26.7. The molecule has 0 aliphatic carbocycles. The predicted molar refractivity (Wildman–Crippen MR) is 142 cm³/mol. The number of aromatic nitrogens is 3. The van der Waals surface area contributed by atoms with E-state index in [0.29, 0.717) is 47.0 Å². The second kappa shape index (κ2) is 10.2. The van der Waals surface area contributed by atoms with E-state index in [4.69, 9.17) is 15.2 Å². The van der Waals surface area contributed by atoms with Crippen molar-refractivity contribution in [1.82, 2.24) is 15.0 Å². The van der Waals surface area contributed by atoms with Gasteiger partial charge in [-0.05, 0) is 55.8 Å². The second-order valence-electron chi connectivity index (χ2n) is 9.85. The number of sulfone groups is 1. The van der Waals surface area contributed by atoms with Gasteiger partial charge in [0.2, 0.25) is 5.88 Å². The molecule has 0 bridgehead atoms. The monoisotopic (exact) mass is 527 g/mol. The fraction of sp³-hybridized carbons (Fsp3) is 0.462. The Morgan fingerprint density at radius 3 is 2.62 bits per heavy atom. The molecule has 0 amide bonds. The molecular weight excluding hydrogens is 494 g/mol. The number of hydrogen-bond donors (Lipinski definition) is 2. The number of fused-ring (bicyclic) bond motifs is 2. The number of pyridine rings is 3. The second-order valence-corrected chi connectivity index (χ2v) is 12.1. The number of carbonyl (C=O) groups is 1. The van der Waals surface area contributed by atoms with Gasteiger partial charge in [-0.15, -0.1) is 0 Å². The van der Waals surface area contributed by atoms with E-state index in [1.54, 1.807) is 24.5 Å². The summed E-state index contributed by atoms with van der Waals surface area (Å²) in [5.74, 6) is 1.09. The zero-order chi connectivity index (χ0) is 27.0. The summed E-state index contributed by atoms with van der Waals surface area (Å²) < 4.78 is 34.1. The molecule has 1 aliphatic rings. The minimum Gasteiger partial charge on any atom is -0.477 e. The quantitative estimate of drug-likeness (QED) is 0.311. The Hall–Kier alpha value is -3.31. The molecule has 10 nitrogen and oxygen atoms in total. The van der Waals surface area contributed by atoms with Gasteiger partial charge in [0, 0.05) is 30.1 Å². The number of carbonyl (C=O) groups excluding carboxylic acids is 1. The number of ether oxygens (including phenoxy) is 2. The van der Waals surface area contributed by atoms with Gasteiger partial charge in [0.25, 0.3) is 0 Å². The van der Waals surface area contributed by atoms with Gasteiger partial charge in [0.1, 0.15) is 27.6 Å². The van der Waals surface area contributed by atoms with Gasteiger partial charge in [-0.25, -0.2) is 28.2 Å². The van der Waals surface area contributed by atoms with Crippen LogP contribution in [0.2, 0.25) is 0 Å². The molecule has 0 fully saturated rings. The molecule has 3 atom stereocenters. The van der Waals surface area contributed by atoms with Crippen LogP contribution in [0.5, 0.6) is 5.88 Å². The first-order chi connectivity index (χ1) is 17.4. The van der Waals surface area contributed by atoms with E-state index < -0.39 is 15.4 Å². The van der Waals surface area contributed by atoms with Gasteiger partial charge >= 0.3 is 5.97 Å². The Balaban J connectivity index is 1.68. The molecule has 0 saturated carbocycles. The van der Waals surface area contributed by atoms with Crippen LogP contribution in [0.3, 0.4) is 0 Å². The van der Waals surface area contributed by atoms with E-state index in [9.17, 15) is 13.2 Å². The summed E-state index contributed by atoms with van der Waals surface area (Å²) in [4.78, 5) is 25.9. The zero-order valence-corrected chi connectivity index (χ0v) is 22.6. The van der Waals surface area contributed by atoms with Gasteiger partial charge in [-0.2, -0.15) is 0 Å². The molecule has 11 heteroatoms. The highest BCUT2D eigenvalue weighted by Gasteiger charge is 2.31. The van der Waals surface area contributed by atoms with Crippen molar-refractivity contribution < 1.29 is 22.7 Å². The Labute approximate surface area is 216 Å². The van der Waals surface area contributed by atoms with Crippen molar-refractivity contribution in [2.24, 2.45) is 5.73 Å².